The fourth-order valence-corrected chi connectivity index (χ4v) is 3.98. The molecule has 0 aliphatic carbocycles. The van der Waals surface area contributed by atoms with Crippen LogP contribution in [-0.4, -0.2) is 43.4 Å². The normalized spacial score (nSPS) is 10.4. The highest BCUT2D eigenvalue weighted by molar-refractivity contribution is 7.18. The quantitative estimate of drug-likeness (QED) is 0.421. The summed E-state index contributed by atoms with van der Waals surface area (Å²) in [6, 6.07) is 5.78. The molecular formula is C23H27NO7S. The van der Waals surface area contributed by atoms with Gasteiger partial charge in [-0.15, -0.1) is 11.3 Å². The van der Waals surface area contributed by atoms with Crippen LogP contribution in [0.5, 0.6) is 5.75 Å². The maximum atomic E-state index is 12.3. The summed E-state index contributed by atoms with van der Waals surface area (Å²) in [4.78, 5) is 48.7. The third-order valence-corrected chi connectivity index (χ3v) is 5.78. The molecule has 1 amide bonds. The van der Waals surface area contributed by atoms with Crippen LogP contribution in [-0.2, 0) is 19.1 Å². The first-order chi connectivity index (χ1) is 15.1. The van der Waals surface area contributed by atoms with E-state index in [1.165, 1.54) is 6.92 Å². The van der Waals surface area contributed by atoms with Crippen molar-refractivity contribution in [3.63, 3.8) is 0 Å². The van der Waals surface area contributed by atoms with Gasteiger partial charge in [-0.05, 0) is 57.4 Å². The molecule has 2 aromatic rings. The smallest absolute Gasteiger partial charge is 0.341 e. The van der Waals surface area contributed by atoms with E-state index in [0.717, 1.165) is 22.5 Å². The van der Waals surface area contributed by atoms with Crippen LogP contribution in [0.4, 0.5) is 5.00 Å². The zero-order chi connectivity index (χ0) is 23.8. The van der Waals surface area contributed by atoms with Crippen molar-refractivity contribution in [3.8, 4) is 5.75 Å². The molecule has 1 aromatic carbocycles. The van der Waals surface area contributed by atoms with Gasteiger partial charge in [-0.3, -0.25) is 14.4 Å². The van der Waals surface area contributed by atoms with Crippen molar-refractivity contribution < 1.29 is 33.4 Å². The number of carbonyl (C=O) groups is 4. The Labute approximate surface area is 190 Å². The van der Waals surface area contributed by atoms with Crippen LogP contribution in [0.15, 0.2) is 18.2 Å². The highest BCUT2D eigenvalue weighted by Crippen LogP contribution is 2.34. The van der Waals surface area contributed by atoms with Crippen molar-refractivity contribution in [2.24, 2.45) is 0 Å². The van der Waals surface area contributed by atoms with Crippen LogP contribution in [0.3, 0.4) is 0 Å². The predicted molar refractivity (Wildman–Crippen MR) is 121 cm³/mol. The molecule has 0 radical (unpaired) electrons. The number of ether oxygens (including phenoxy) is 3. The van der Waals surface area contributed by atoms with Gasteiger partial charge in [0.15, 0.2) is 12.4 Å². The first-order valence-corrected chi connectivity index (χ1v) is 10.9. The minimum absolute atomic E-state index is 0.0265. The number of carbonyl (C=O) groups excluding carboxylic acids is 4. The third-order valence-electron chi connectivity index (χ3n) is 4.47. The lowest BCUT2D eigenvalue weighted by Gasteiger charge is -2.10. The molecule has 8 nitrogen and oxygen atoms in total. The van der Waals surface area contributed by atoms with Gasteiger partial charge in [0.2, 0.25) is 0 Å². The highest BCUT2D eigenvalue weighted by atomic mass is 32.1. The Hall–Kier alpha value is -3.20. The molecule has 1 aromatic heterocycles. The number of Topliss-reactive ketones (excluding diaryl/α,β-unsaturated/α-hetero) is 1. The van der Waals surface area contributed by atoms with Crippen LogP contribution < -0.4 is 10.1 Å². The molecule has 0 spiro atoms. The fourth-order valence-electron chi connectivity index (χ4n) is 2.87. The minimum Gasteiger partial charge on any atom is -0.493 e. The van der Waals surface area contributed by atoms with Gasteiger partial charge < -0.3 is 19.5 Å². The van der Waals surface area contributed by atoms with Crippen molar-refractivity contribution in [3.05, 3.63) is 45.3 Å². The second-order valence-electron chi connectivity index (χ2n) is 7.11. The Morgan fingerprint density at radius 3 is 2.44 bits per heavy atom. The summed E-state index contributed by atoms with van der Waals surface area (Å²) in [5, 5.41) is 2.72. The van der Waals surface area contributed by atoms with E-state index < -0.39 is 24.5 Å². The number of nitrogens with one attached hydrogen (secondary N) is 1. The highest BCUT2D eigenvalue weighted by Gasteiger charge is 2.25. The molecule has 0 saturated heterocycles. The van der Waals surface area contributed by atoms with E-state index in [4.69, 9.17) is 14.2 Å². The zero-order valence-corrected chi connectivity index (χ0v) is 19.6. The number of anilines is 1. The van der Waals surface area contributed by atoms with E-state index in [-0.39, 0.29) is 36.0 Å². The van der Waals surface area contributed by atoms with E-state index in [0.29, 0.717) is 16.2 Å². The van der Waals surface area contributed by atoms with Gasteiger partial charge in [-0.1, -0.05) is 12.1 Å². The molecule has 0 bridgehead atoms. The number of benzene rings is 1. The summed E-state index contributed by atoms with van der Waals surface area (Å²) < 4.78 is 15.6. The minimum atomic E-state index is -0.635. The maximum Gasteiger partial charge on any atom is 0.341 e. The van der Waals surface area contributed by atoms with Gasteiger partial charge in [0, 0.05) is 0 Å². The summed E-state index contributed by atoms with van der Waals surface area (Å²) in [5.74, 6) is -1.40. The molecule has 1 heterocycles. The Morgan fingerprint density at radius 2 is 1.78 bits per heavy atom. The lowest BCUT2D eigenvalue weighted by Crippen LogP contribution is -2.22. The fraction of sp³-hybridized carbons (Fsp3) is 0.391. The molecule has 9 heteroatoms. The van der Waals surface area contributed by atoms with Crippen LogP contribution in [0.2, 0.25) is 0 Å². The van der Waals surface area contributed by atoms with Crippen molar-refractivity contribution in [2.45, 2.75) is 41.0 Å². The van der Waals surface area contributed by atoms with Crippen molar-refractivity contribution in [1.29, 1.82) is 0 Å². The third kappa shape index (κ3) is 6.65. The molecule has 0 fully saturated rings. The second-order valence-corrected chi connectivity index (χ2v) is 8.13. The van der Waals surface area contributed by atoms with E-state index in [9.17, 15) is 19.2 Å². The van der Waals surface area contributed by atoms with E-state index >= 15 is 0 Å². The molecule has 2 rings (SSSR count). The van der Waals surface area contributed by atoms with Gasteiger partial charge in [0.05, 0.1) is 30.1 Å². The van der Waals surface area contributed by atoms with E-state index in [2.05, 4.69) is 5.32 Å². The van der Waals surface area contributed by atoms with Crippen molar-refractivity contribution in [2.75, 3.05) is 25.1 Å². The molecule has 32 heavy (non-hydrogen) atoms. The summed E-state index contributed by atoms with van der Waals surface area (Å²) in [5.41, 5.74) is 2.57. The summed E-state index contributed by atoms with van der Waals surface area (Å²) in [7, 11) is 0. The monoisotopic (exact) mass is 461 g/mol. The van der Waals surface area contributed by atoms with Crippen LogP contribution in [0, 0.1) is 20.8 Å². The van der Waals surface area contributed by atoms with Gasteiger partial charge in [-0.2, -0.15) is 0 Å². The lowest BCUT2D eigenvalue weighted by atomic mass is 10.1. The SMILES string of the molecule is CCOC(=O)c1c(NC(=O)COC(=O)CCOc2cc(C)ccc2C)sc(C(C)=O)c1C. The molecule has 0 aliphatic heterocycles. The topological polar surface area (TPSA) is 108 Å². The van der Waals surface area contributed by atoms with Gasteiger partial charge in [0.25, 0.3) is 5.91 Å². The first kappa shape index (κ1) is 25.1. The van der Waals surface area contributed by atoms with Gasteiger partial charge in [0.1, 0.15) is 10.8 Å². The number of hydrogen-bond acceptors (Lipinski definition) is 8. The Morgan fingerprint density at radius 1 is 1.06 bits per heavy atom. The van der Waals surface area contributed by atoms with Crippen LogP contribution in [0.25, 0.3) is 0 Å². The van der Waals surface area contributed by atoms with Gasteiger partial charge >= 0.3 is 11.9 Å². The van der Waals surface area contributed by atoms with Gasteiger partial charge in [-0.25, -0.2) is 4.79 Å². The van der Waals surface area contributed by atoms with Crippen molar-refractivity contribution >= 4 is 40.0 Å². The molecular weight excluding hydrogens is 434 g/mol. The van der Waals surface area contributed by atoms with E-state index in [1.54, 1.807) is 13.8 Å². The largest absolute Gasteiger partial charge is 0.493 e. The molecule has 172 valence electrons. The number of aryl methyl sites for hydroxylation is 2. The molecule has 0 atom stereocenters. The number of thiophene rings is 1. The summed E-state index contributed by atoms with van der Waals surface area (Å²) >= 11 is 0.982. The number of amides is 1. The average molecular weight is 462 g/mol. The number of hydrogen-bond donors (Lipinski definition) is 1. The summed E-state index contributed by atoms with van der Waals surface area (Å²) in [6.45, 7) is 8.24. The molecule has 0 unspecified atom stereocenters. The number of rotatable bonds is 10. The maximum absolute atomic E-state index is 12.3. The Balaban J connectivity index is 1.91. The number of ketones is 1. The zero-order valence-electron chi connectivity index (χ0n) is 18.8. The second kappa shape index (κ2) is 11.4. The lowest BCUT2D eigenvalue weighted by molar-refractivity contribution is -0.147. The van der Waals surface area contributed by atoms with Crippen molar-refractivity contribution in [1.82, 2.24) is 0 Å². The molecule has 1 N–H and O–H groups in total. The average Bonchev–Trinajstić information content (AvgIpc) is 3.05. The molecule has 0 saturated carbocycles. The summed E-state index contributed by atoms with van der Waals surface area (Å²) in [6.07, 6.45) is -0.0265. The first-order valence-electron chi connectivity index (χ1n) is 10.1. The Bertz CT molecular complexity index is 1030. The number of esters is 2. The van der Waals surface area contributed by atoms with Crippen LogP contribution in [0.1, 0.15) is 57.0 Å². The Kier molecular flexibility index (Phi) is 8.95. The van der Waals surface area contributed by atoms with Crippen LogP contribution >= 0.6 is 11.3 Å². The predicted octanol–water partition coefficient (Wildman–Crippen LogP) is 4.00. The van der Waals surface area contributed by atoms with E-state index in [1.807, 2.05) is 32.0 Å². The molecule has 0 aliphatic rings. The standard InChI is InChI=1S/C23H27NO7S/c1-6-29-23(28)20-15(4)21(16(5)25)32-22(20)24-18(26)12-31-19(27)9-10-30-17-11-13(2)7-8-14(17)3/h7-8,11H,6,9-10,12H2,1-5H3,(H,24,26).